The Morgan fingerprint density at radius 2 is 1.79 bits per heavy atom. The van der Waals surface area contributed by atoms with Crippen LogP contribution in [0.2, 0.25) is 5.02 Å². The molecule has 2 aromatic rings. The number of carbonyl (C=O) groups is 1. The average Bonchev–Trinajstić information content (AvgIpc) is 2.45. The van der Waals surface area contributed by atoms with Gasteiger partial charge in [-0.1, -0.05) is 23.7 Å². The van der Waals surface area contributed by atoms with Gasteiger partial charge in [-0.2, -0.15) is 0 Å². The van der Waals surface area contributed by atoms with Crippen LogP contribution >= 0.6 is 11.6 Å². The van der Waals surface area contributed by atoms with E-state index in [0.29, 0.717) is 5.75 Å². The summed E-state index contributed by atoms with van der Waals surface area (Å²) in [6.07, 6.45) is -0.0766. The molecule has 0 atom stereocenters. The summed E-state index contributed by atoms with van der Waals surface area (Å²) in [6, 6.07) is 11.4. The van der Waals surface area contributed by atoms with E-state index in [0.717, 1.165) is 11.1 Å². The fourth-order valence-electron chi connectivity index (χ4n) is 2.17. The van der Waals surface area contributed by atoms with Gasteiger partial charge in [-0.15, -0.1) is 0 Å². The van der Waals surface area contributed by atoms with Crippen molar-refractivity contribution in [2.75, 3.05) is 6.61 Å². The summed E-state index contributed by atoms with van der Waals surface area (Å²) in [6.45, 7) is 3.98. The van der Waals surface area contributed by atoms with Gasteiger partial charge in [-0.05, 0) is 55.3 Å². The van der Waals surface area contributed by atoms with Crippen LogP contribution in [0.3, 0.4) is 0 Å². The number of carbonyl (C=O) groups excluding carboxylic acids is 1. The SMILES string of the molecule is Cc1cc(C)cc(OCCC(=O)NS(=O)(=O)c2cccc(Cl)c2)c1. The summed E-state index contributed by atoms with van der Waals surface area (Å²) in [5.74, 6) is 0.0114. The van der Waals surface area contributed by atoms with Gasteiger partial charge in [0.25, 0.3) is 10.0 Å². The first-order valence-corrected chi connectivity index (χ1v) is 9.15. The van der Waals surface area contributed by atoms with Gasteiger partial charge in [0.15, 0.2) is 0 Å². The van der Waals surface area contributed by atoms with Crippen LogP contribution < -0.4 is 9.46 Å². The highest BCUT2D eigenvalue weighted by atomic mass is 35.5. The summed E-state index contributed by atoms with van der Waals surface area (Å²) < 4.78 is 31.7. The van der Waals surface area contributed by atoms with Gasteiger partial charge < -0.3 is 4.74 Å². The molecule has 1 amide bonds. The van der Waals surface area contributed by atoms with Crippen molar-refractivity contribution in [1.82, 2.24) is 4.72 Å². The normalized spacial score (nSPS) is 11.1. The first-order valence-electron chi connectivity index (χ1n) is 7.28. The Kier molecular flexibility index (Phi) is 5.85. The van der Waals surface area contributed by atoms with Gasteiger partial charge >= 0.3 is 0 Å². The van der Waals surface area contributed by atoms with Crippen molar-refractivity contribution in [3.05, 3.63) is 58.6 Å². The van der Waals surface area contributed by atoms with E-state index in [1.54, 1.807) is 6.07 Å². The van der Waals surface area contributed by atoms with E-state index < -0.39 is 15.9 Å². The van der Waals surface area contributed by atoms with Crippen LogP contribution in [0.1, 0.15) is 17.5 Å². The molecule has 0 bridgehead atoms. The Morgan fingerprint density at radius 1 is 1.12 bits per heavy atom. The van der Waals surface area contributed by atoms with Crippen LogP contribution in [0.15, 0.2) is 47.4 Å². The highest BCUT2D eigenvalue weighted by Crippen LogP contribution is 2.17. The molecule has 0 unspecified atom stereocenters. The minimum Gasteiger partial charge on any atom is -0.493 e. The summed E-state index contributed by atoms with van der Waals surface area (Å²) in [5, 5.41) is 0.281. The van der Waals surface area contributed by atoms with Crippen molar-refractivity contribution in [2.45, 2.75) is 25.2 Å². The fourth-order valence-corrected chi connectivity index (χ4v) is 3.49. The lowest BCUT2D eigenvalue weighted by Gasteiger charge is -2.09. The first-order chi connectivity index (χ1) is 11.3. The number of amides is 1. The van der Waals surface area contributed by atoms with E-state index >= 15 is 0 Å². The molecule has 0 saturated heterocycles. The number of aryl methyl sites for hydroxylation is 2. The van der Waals surface area contributed by atoms with Crippen LogP contribution in [0.4, 0.5) is 0 Å². The Labute approximate surface area is 146 Å². The van der Waals surface area contributed by atoms with Crippen LogP contribution in [0.5, 0.6) is 5.75 Å². The van der Waals surface area contributed by atoms with Crippen LogP contribution in [-0.4, -0.2) is 20.9 Å². The minimum atomic E-state index is -3.93. The number of rotatable bonds is 6. The van der Waals surface area contributed by atoms with E-state index in [2.05, 4.69) is 0 Å². The maximum absolute atomic E-state index is 12.1. The second kappa shape index (κ2) is 7.68. The molecule has 0 heterocycles. The van der Waals surface area contributed by atoms with Crippen molar-refractivity contribution in [2.24, 2.45) is 0 Å². The topological polar surface area (TPSA) is 72.5 Å². The minimum absolute atomic E-state index is 0.0569. The predicted molar refractivity (Wildman–Crippen MR) is 92.8 cm³/mol. The van der Waals surface area contributed by atoms with Crippen LogP contribution in [-0.2, 0) is 14.8 Å². The Hall–Kier alpha value is -2.05. The van der Waals surface area contributed by atoms with Gasteiger partial charge in [0.2, 0.25) is 5.91 Å². The van der Waals surface area contributed by atoms with E-state index in [4.69, 9.17) is 16.3 Å². The first kappa shape index (κ1) is 18.3. The standard InChI is InChI=1S/C17H18ClNO4S/c1-12-8-13(2)10-15(9-12)23-7-6-17(20)19-24(21,22)16-5-3-4-14(18)11-16/h3-5,8-11H,6-7H2,1-2H3,(H,19,20). The van der Waals surface area contributed by atoms with Gasteiger partial charge in [-0.3, -0.25) is 4.79 Å². The van der Waals surface area contributed by atoms with Gasteiger partial charge in [0.05, 0.1) is 17.9 Å². The van der Waals surface area contributed by atoms with Crippen molar-refractivity contribution in [3.63, 3.8) is 0 Å². The number of halogens is 1. The Bertz CT molecular complexity index is 829. The molecule has 0 aliphatic heterocycles. The Morgan fingerprint density at radius 3 is 2.42 bits per heavy atom. The number of benzene rings is 2. The Balaban J connectivity index is 1.91. The van der Waals surface area contributed by atoms with Crippen molar-refractivity contribution in [3.8, 4) is 5.75 Å². The zero-order chi connectivity index (χ0) is 17.7. The highest BCUT2D eigenvalue weighted by molar-refractivity contribution is 7.90. The third kappa shape index (κ3) is 5.25. The van der Waals surface area contributed by atoms with Crippen molar-refractivity contribution < 1.29 is 17.9 Å². The highest BCUT2D eigenvalue weighted by Gasteiger charge is 2.17. The smallest absolute Gasteiger partial charge is 0.264 e. The third-order valence-corrected chi connectivity index (χ3v) is 4.75. The zero-order valence-electron chi connectivity index (χ0n) is 13.4. The molecule has 7 heteroatoms. The molecule has 2 rings (SSSR count). The summed E-state index contributed by atoms with van der Waals surface area (Å²) in [7, 11) is -3.93. The molecular formula is C17H18ClNO4S. The molecule has 1 N–H and O–H groups in total. The number of hydrogen-bond donors (Lipinski definition) is 1. The number of nitrogens with one attached hydrogen (secondary N) is 1. The number of sulfonamides is 1. The lowest BCUT2D eigenvalue weighted by Crippen LogP contribution is -2.31. The molecule has 128 valence electrons. The van der Waals surface area contributed by atoms with E-state index in [1.165, 1.54) is 18.2 Å². The maximum atomic E-state index is 12.1. The molecule has 0 aliphatic carbocycles. The zero-order valence-corrected chi connectivity index (χ0v) is 14.9. The molecule has 0 spiro atoms. The van der Waals surface area contributed by atoms with Crippen LogP contribution in [0.25, 0.3) is 0 Å². The van der Waals surface area contributed by atoms with Gasteiger partial charge in [0, 0.05) is 5.02 Å². The second-order valence-corrected chi connectivity index (χ2v) is 7.53. The third-order valence-electron chi connectivity index (χ3n) is 3.15. The van der Waals surface area contributed by atoms with E-state index in [1.807, 2.05) is 36.8 Å². The molecule has 0 aliphatic rings. The molecule has 0 fully saturated rings. The second-order valence-electron chi connectivity index (χ2n) is 5.41. The summed E-state index contributed by atoms with van der Waals surface area (Å²) in [4.78, 5) is 11.8. The van der Waals surface area contributed by atoms with Crippen LogP contribution in [0, 0.1) is 13.8 Å². The molecule has 2 aromatic carbocycles. The van der Waals surface area contributed by atoms with E-state index in [9.17, 15) is 13.2 Å². The summed E-state index contributed by atoms with van der Waals surface area (Å²) >= 11 is 5.77. The molecule has 24 heavy (non-hydrogen) atoms. The lowest BCUT2D eigenvalue weighted by atomic mass is 10.1. The van der Waals surface area contributed by atoms with E-state index in [-0.39, 0.29) is 22.9 Å². The fraction of sp³-hybridized carbons (Fsp3) is 0.235. The average molecular weight is 368 g/mol. The molecule has 0 radical (unpaired) electrons. The number of ether oxygens (including phenoxy) is 1. The van der Waals surface area contributed by atoms with Crippen molar-refractivity contribution >= 4 is 27.5 Å². The number of hydrogen-bond acceptors (Lipinski definition) is 4. The van der Waals surface area contributed by atoms with Gasteiger partial charge in [0.1, 0.15) is 5.75 Å². The monoisotopic (exact) mass is 367 g/mol. The molecular weight excluding hydrogens is 350 g/mol. The molecule has 0 saturated carbocycles. The predicted octanol–water partition coefficient (Wildman–Crippen LogP) is 3.23. The molecule has 0 aromatic heterocycles. The van der Waals surface area contributed by atoms with Crippen molar-refractivity contribution in [1.29, 1.82) is 0 Å². The lowest BCUT2D eigenvalue weighted by molar-refractivity contribution is -0.119. The molecule has 5 nitrogen and oxygen atoms in total. The van der Waals surface area contributed by atoms with Gasteiger partial charge in [-0.25, -0.2) is 13.1 Å². The summed E-state index contributed by atoms with van der Waals surface area (Å²) in [5.41, 5.74) is 2.11. The quantitative estimate of drug-likeness (QED) is 0.850. The maximum Gasteiger partial charge on any atom is 0.264 e. The largest absolute Gasteiger partial charge is 0.493 e.